The van der Waals surface area contributed by atoms with Gasteiger partial charge < -0.3 is 15.1 Å². The molecular weight excluding hydrogens is 292 g/mol. The van der Waals surface area contributed by atoms with Crippen LogP contribution < -0.4 is 4.90 Å². The number of rotatable bonds is 4. The molecule has 3 rings (SSSR count). The van der Waals surface area contributed by atoms with Crippen molar-refractivity contribution >= 4 is 5.82 Å². The van der Waals surface area contributed by atoms with E-state index in [-0.39, 0.29) is 12.5 Å². The Morgan fingerprint density at radius 3 is 2.83 bits per heavy atom. The number of anilines is 1. The minimum absolute atomic E-state index is 0.0260. The maximum absolute atomic E-state index is 10.2. The molecule has 1 saturated heterocycles. The van der Waals surface area contributed by atoms with E-state index >= 15 is 0 Å². The van der Waals surface area contributed by atoms with Gasteiger partial charge in [-0.1, -0.05) is 13.0 Å². The molecule has 0 aromatic carbocycles. The molecule has 0 saturated carbocycles. The van der Waals surface area contributed by atoms with Crippen LogP contribution in [-0.4, -0.2) is 51.0 Å². The fourth-order valence-corrected chi connectivity index (χ4v) is 2.84. The molecule has 1 fully saturated rings. The lowest BCUT2D eigenvalue weighted by Crippen LogP contribution is -2.45. The summed E-state index contributed by atoms with van der Waals surface area (Å²) >= 11 is 0. The molecule has 1 aliphatic rings. The van der Waals surface area contributed by atoms with Crippen molar-refractivity contribution < 1.29 is 10.2 Å². The highest BCUT2D eigenvalue weighted by atomic mass is 16.3. The van der Waals surface area contributed by atoms with Gasteiger partial charge in [0.25, 0.3) is 0 Å². The third-order valence-electron chi connectivity index (χ3n) is 4.30. The average Bonchev–Trinajstić information content (AvgIpc) is 2.62. The first kappa shape index (κ1) is 15.8. The fourth-order valence-electron chi connectivity index (χ4n) is 2.84. The summed E-state index contributed by atoms with van der Waals surface area (Å²) in [6.07, 6.45) is 2.76. The molecule has 23 heavy (non-hydrogen) atoms. The van der Waals surface area contributed by atoms with E-state index in [9.17, 15) is 10.2 Å². The molecule has 2 N–H and O–H groups in total. The molecule has 0 amide bonds. The molecule has 2 aromatic heterocycles. The van der Waals surface area contributed by atoms with Crippen molar-refractivity contribution in [2.45, 2.75) is 25.9 Å². The Hall–Kier alpha value is -2.05. The Bertz CT molecular complexity index is 650. The van der Waals surface area contributed by atoms with E-state index in [4.69, 9.17) is 0 Å². The molecular formula is C17H22N4O2. The second-order valence-electron chi connectivity index (χ2n) is 5.85. The zero-order valence-corrected chi connectivity index (χ0v) is 13.3. The lowest BCUT2D eigenvalue weighted by Gasteiger charge is -2.36. The summed E-state index contributed by atoms with van der Waals surface area (Å²) in [7, 11) is 0. The Morgan fingerprint density at radius 2 is 2.17 bits per heavy atom. The van der Waals surface area contributed by atoms with Crippen LogP contribution in [0.4, 0.5) is 5.82 Å². The molecule has 122 valence electrons. The van der Waals surface area contributed by atoms with Gasteiger partial charge in [0.15, 0.2) is 5.82 Å². The Morgan fingerprint density at radius 1 is 1.30 bits per heavy atom. The molecule has 0 unspecified atom stereocenters. The average molecular weight is 314 g/mol. The predicted octanol–water partition coefficient (Wildman–Crippen LogP) is 1.28. The maximum Gasteiger partial charge on any atom is 0.180 e. The summed E-state index contributed by atoms with van der Waals surface area (Å²) in [6, 6.07) is 7.65. The normalized spacial score (nSPS) is 21.4. The standard InChI is InChI=1S/C17H22N4O2/c1-2-13-9-16(21-8-6-12(11-22)15(23)10-21)20-17(19-13)14-5-3-4-7-18-14/h3-5,7,9,12,15,22-23H,2,6,8,10-11H2,1H3/t12-,15+/m0/s1. The smallest absolute Gasteiger partial charge is 0.180 e. The zero-order chi connectivity index (χ0) is 16.2. The van der Waals surface area contributed by atoms with Crippen molar-refractivity contribution in [3.05, 3.63) is 36.2 Å². The summed E-state index contributed by atoms with van der Waals surface area (Å²) in [5, 5.41) is 19.4. The number of pyridine rings is 1. The van der Waals surface area contributed by atoms with Crippen LogP contribution in [0, 0.1) is 5.92 Å². The second kappa shape index (κ2) is 7.02. The summed E-state index contributed by atoms with van der Waals surface area (Å²) in [5.41, 5.74) is 1.70. The quantitative estimate of drug-likeness (QED) is 0.885. The van der Waals surface area contributed by atoms with Gasteiger partial charge in [0.05, 0.1) is 6.10 Å². The monoisotopic (exact) mass is 314 g/mol. The Kier molecular flexibility index (Phi) is 4.83. The van der Waals surface area contributed by atoms with Crippen LogP contribution in [0.25, 0.3) is 11.5 Å². The van der Waals surface area contributed by atoms with Crippen LogP contribution in [0.1, 0.15) is 19.0 Å². The van der Waals surface area contributed by atoms with E-state index < -0.39 is 6.10 Å². The van der Waals surface area contributed by atoms with Gasteiger partial charge in [-0.15, -0.1) is 0 Å². The number of hydrogen-bond donors (Lipinski definition) is 2. The van der Waals surface area contributed by atoms with E-state index in [1.807, 2.05) is 24.3 Å². The fraction of sp³-hybridized carbons (Fsp3) is 0.471. The van der Waals surface area contributed by atoms with Gasteiger partial charge >= 0.3 is 0 Å². The first-order valence-corrected chi connectivity index (χ1v) is 8.04. The van der Waals surface area contributed by atoms with Gasteiger partial charge in [-0.25, -0.2) is 9.97 Å². The van der Waals surface area contributed by atoms with E-state index in [1.165, 1.54) is 0 Å². The van der Waals surface area contributed by atoms with Gasteiger partial charge in [-0.05, 0) is 25.0 Å². The minimum atomic E-state index is -0.535. The molecule has 3 heterocycles. The number of aliphatic hydroxyl groups excluding tert-OH is 2. The highest BCUT2D eigenvalue weighted by Gasteiger charge is 2.28. The van der Waals surface area contributed by atoms with Gasteiger partial charge in [0.1, 0.15) is 11.5 Å². The van der Waals surface area contributed by atoms with Gasteiger partial charge in [-0.2, -0.15) is 0 Å². The number of β-amino-alcohol motifs (C(OH)–C–C–N with tert-alkyl or cyclic N) is 1. The third-order valence-corrected chi connectivity index (χ3v) is 4.30. The zero-order valence-electron chi connectivity index (χ0n) is 13.3. The lowest BCUT2D eigenvalue weighted by molar-refractivity contribution is 0.0546. The SMILES string of the molecule is CCc1cc(N2CC[C@@H](CO)[C@H](O)C2)nc(-c2ccccn2)n1. The minimum Gasteiger partial charge on any atom is -0.396 e. The van der Waals surface area contributed by atoms with Crippen LogP contribution in [0.3, 0.4) is 0 Å². The summed E-state index contributed by atoms with van der Waals surface area (Å²) < 4.78 is 0. The molecule has 0 spiro atoms. The molecule has 6 nitrogen and oxygen atoms in total. The number of piperidine rings is 1. The summed E-state index contributed by atoms with van der Waals surface area (Å²) in [6.45, 7) is 3.33. The van der Waals surface area contributed by atoms with Crippen LogP contribution >= 0.6 is 0 Å². The number of hydrogen-bond acceptors (Lipinski definition) is 6. The first-order chi connectivity index (χ1) is 11.2. The van der Waals surface area contributed by atoms with Crippen molar-refractivity contribution in [3.63, 3.8) is 0 Å². The highest BCUT2D eigenvalue weighted by molar-refractivity contribution is 5.54. The molecule has 6 heteroatoms. The number of aromatic nitrogens is 3. The number of aryl methyl sites for hydroxylation is 1. The molecule has 2 atom stereocenters. The van der Waals surface area contributed by atoms with E-state index in [0.29, 0.717) is 12.4 Å². The van der Waals surface area contributed by atoms with Gasteiger partial charge in [-0.3, -0.25) is 4.98 Å². The topological polar surface area (TPSA) is 82.4 Å². The van der Waals surface area contributed by atoms with E-state index in [2.05, 4.69) is 26.8 Å². The van der Waals surface area contributed by atoms with Crippen molar-refractivity contribution in [3.8, 4) is 11.5 Å². The first-order valence-electron chi connectivity index (χ1n) is 8.04. The highest BCUT2D eigenvalue weighted by Crippen LogP contribution is 2.24. The molecule has 1 aliphatic heterocycles. The van der Waals surface area contributed by atoms with Crippen LogP contribution in [0.15, 0.2) is 30.5 Å². The number of nitrogens with zero attached hydrogens (tertiary/aromatic N) is 4. The molecule has 0 bridgehead atoms. The van der Waals surface area contributed by atoms with Crippen LogP contribution in [0.2, 0.25) is 0 Å². The van der Waals surface area contributed by atoms with Crippen molar-refractivity contribution in [2.75, 3.05) is 24.6 Å². The Labute approximate surface area is 135 Å². The Balaban J connectivity index is 1.90. The molecule has 2 aromatic rings. The van der Waals surface area contributed by atoms with Crippen molar-refractivity contribution in [1.29, 1.82) is 0 Å². The molecule has 0 aliphatic carbocycles. The summed E-state index contributed by atoms with van der Waals surface area (Å²) in [4.78, 5) is 15.6. The molecule has 0 radical (unpaired) electrons. The van der Waals surface area contributed by atoms with Gasteiger partial charge in [0.2, 0.25) is 0 Å². The predicted molar refractivity (Wildman–Crippen MR) is 88.1 cm³/mol. The van der Waals surface area contributed by atoms with Crippen molar-refractivity contribution in [1.82, 2.24) is 15.0 Å². The van der Waals surface area contributed by atoms with Crippen LogP contribution in [-0.2, 0) is 6.42 Å². The van der Waals surface area contributed by atoms with Crippen molar-refractivity contribution in [2.24, 2.45) is 5.92 Å². The number of aliphatic hydroxyl groups is 2. The van der Waals surface area contributed by atoms with E-state index in [0.717, 1.165) is 36.6 Å². The summed E-state index contributed by atoms with van der Waals surface area (Å²) in [5.74, 6) is 1.38. The van der Waals surface area contributed by atoms with Gasteiger partial charge in [0, 0.05) is 43.6 Å². The van der Waals surface area contributed by atoms with E-state index in [1.54, 1.807) is 6.20 Å². The second-order valence-corrected chi connectivity index (χ2v) is 5.85. The lowest BCUT2D eigenvalue weighted by atomic mass is 9.95. The van der Waals surface area contributed by atoms with Crippen LogP contribution in [0.5, 0.6) is 0 Å². The maximum atomic E-state index is 10.2. The largest absolute Gasteiger partial charge is 0.396 e. The third kappa shape index (κ3) is 3.48.